The third-order valence-corrected chi connectivity index (χ3v) is 6.19. The van der Waals surface area contributed by atoms with E-state index in [0.717, 1.165) is 42.5 Å². The van der Waals surface area contributed by atoms with Crippen LogP contribution in [-0.4, -0.2) is 60.1 Å². The predicted molar refractivity (Wildman–Crippen MR) is 96.6 cm³/mol. The number of aryl methyl sites for hydroxylation is 1. The number of piperidine rings is 2. The smallest absolute Gasteiger partial charge is 0.253 e. The first-order valence-corrected chi connectivity index (χ1v) is 9.13. The first-order chi connectivity index (χ1) is 12.0. The number of carbonyl (C=O) groups excluding carboxylic acids is 1. The Bertz CT molecular complexity index is 799. The van der Waals surface area contributed by atoms with E-state index in [1.54, 1.807) is 0 Å². The number of aliphatic hydroxyl groups is 1. The molecule has 0 unspecified atom stereocenters. The summed E-state index contributed by atoms with van der Waals surface area (Å²) in [6.07, 6.45) is 3.05. The largest absolute Gasteiger partial charge is 0.461 e. The summed E-state index contributed by atoms with van der Waals surface area (Å²) in [5.74, 6) is 0.931. The molecule has 5 heteroatoms. The van der Waals surface area contributed by atoms with Gasteiger partial charge in [-0.25, -0.2) is 0 Å². The summed E-state index contributed by atoms with van der Waals surface area (Å²) >= 11 is 0. The highest BCUT2D eigenvalue weighted by Gasteiger charge is 2.47. The Morgan fingerprint density at radius 1 is 1.32 bits per heavy atom. The van der Waals surface area contributed by atoms with E-state index < -0.39 is 0 Å². The molecule has 2 saturated heterocycles. The van der Waals surface area contributed by atoms with Gasteiger partial charge in [0.2, 0.25) is 0 Å². The standard InChI is InChI=1S/C20H26N2O3/c1-14-10-16-11-15(4-5-17(16)25-14)19(24)22-9-7-20(13-23)6-3-8-21(2)18(20)12-22/h4-5,10-11,18,23H,3,6-9,12-13H2,1-2H3/t18-,20-/m1/s1. The second-order valence-electron chi connectivity index (χ2n) is 7.73. The Hall–Kier alpha value is -1.85. The summed E-state index contributed by atoms with van der Waals surface area (Å²) in [4.78, 5) is 17.3. The third-order valence-electron chi connectivity index (χ3n) is 6.19. The zero-order valence-corrected chi connectivity index (χ0v) is 15.0. The van der Waals surface area contributed by atoms with E-state index in [2.05, 4.69) is 11.9 Å². The molecule has 2 atom stereocenters. The number of hydrogen-bond donors (Lipinski definition) is 1. The summed E-state index contributed by atoms with van der Waals surface area (Å²) < 4.78 is 5.60. The van der Waals surface area contributed by atoms with Gasteiger partial charge in [0.1, 0.15) is 11.3 Å². The predicted octanol–water partition coefficient (Wildman–Crippen LogP) is 2.66. The summed E-state index contributed by atoms with van der Waals surface area (Å²) in [5.41, 5.74) is 1.48. The number of hydrogen-bond acceptors (Lipinski definition) is 4. The van der Waals surface area contributed by atoms with E-state index >= 15 is 0 Å². The van der Waals surface area contributed by atoms with Crippen molar-refractivity contribution < 1.29 is 14.3 Å². The van der Waals surface area contributed by atoms with E-state index in [4.69, 9.17) is 4.42 Å². The lowest BCUT2D eigenvalue weighted by Gasteiger charge is -2.53. The van der Waals surface area contributed by atoms with E-state index in [1.165, 1.54) is 0 Å². The normalized spacial score (nSPS) is 27.5. The number of likely N-dealkylation sites (N-methyl/N-ethyl adjacent to an activating group) is 1. The molecule has 0 saturated carbocycles. The number of benzene rings is 1. The fraction of sp³-hybridized carbons (Fsp3) is 0.550. The van der Waals surface area contributed by atoms with Gasteiger partial charge in [0, 0.05) is 35.5 Å². The minimum Gasteiger partial charge on any atom is -0.461 e. The second-order valence-corrected chi connectivity index (χ2v) is 7.73. The molecule has 1 aromatic carbocycles. The van der Waals surface area contributed by atoms with Crippen LogP contribution in [0.4, 0.5) is 0 Å². The number of likely N-dealkylation sites (tertiary alicyclic amines) is 2. The zero-order chi connectivity index (χ0) is 17.6. The highest BCUT2D eigenvalue weighted by molar-refractivity contribution is 5.98. The van der Waals surface area contributed by atoms with Gasteiger partial charge >= 0.3 is 0 Å². The van der Waals surface area contributed by atoms with Crippen LogP contribution in [0.15, 0.2) is 28.7 Å². The molecule has 1 amide bonds. The van der Waals surface area contributed by atoms with Gasteiger partial charge in [-0.05, 0) is 64.0 Å². The zero-order valence-electron chi connectivity index (χ0n) is 15.0. The van der Waals surface area contributed by atoms with Crippen LogP contribution in [0.25, 0.3) is 11.0 Å². The average Bonchev–Trinajstić information content (AvgIpc) is 3.00. The monoisotopic (exact) mass is 342 g/mol. The second kappa shape index (κ2) is 6.15. The van der Waals surface area contributed by atoms with Crippen LogP contribution in [0.5, 0.6) is 0 Å². The third kappa shape index (κ3) is 2.75. The number of carbonyl (C=O) groups is 1. The van der Waals surface area contributed by atoms with Crippen LogP contribution in [0.2, 0.25) is 0 Å². The molecule has 3 heterocycles. The molecule has 0 radical (unpaired) electrons. The Morgan fingerprint density at radius 2 is 2.16 bits per heavy atom. The molecule has 0 spiro atoms. The summed E-state index contributed by atoms with van der Waals surface area (Å²) in [6, 6.07) is 7.86. The van der Waals surface area contributed by atoms with Gasteiger partial charge in [-0.15, -0.1) is 0 Å². The number of aliphatic hydroxyl groups excluding tert-OH is 1. The van der Waals surface area contributed by atoms with Gasteiger partial charge < -0.3 is 19.3 Å². The van der Waals surface area contributed by atoms with E-state index in [-0.39, 0.29) is 24.0 Å². The van der Waals surface area contributed by atoms with Crippen LogP contribution in [-0.2, 0) is 0 Å². The van der Waals surface area contributed by atoms with Crippen molar-refractivity contribution in [1.29, 1.82) is 0 Å². The molecule has 4 rings (SSSR count). The summed E-state index contributed by atoms with van der Waals surface area (Å²) in [7, 11) is 2.11. The van der Waals surface area contributed by atoms with Crippen molar-refractivity contribution in [3.8, 4) is 0 Å². The Labute approximate surface area is 148 Å². The molecule has 1 aromatic heterocycles. The van der Waals surface area contributed by atoms with Crippen molar-refractivity contribution in [1.82, 2.24) is 9.80 Å². The average molecular weight is 342 g/mol. The molecule has 2 aliphatic heterocycles. The maximum absolute atomic E-state index is 13.0. The Balaban J connectivity index is 1.58. The highest BCUT2D eigenvalue weighted by atomic mass is 16.3. The summed E-state index contributed by atoms with van der Waals surface area (Å²) in [6.45, 7) is 4.57. The fourth-order valence-electron chi connectivity index (χ4n) is 4.69. The molecule has 2 aromatic rings. The number of rotatable bonds is 2. The molecule has 5 nitrogen and oxygen atoms in total. The summed E-state index contributed by atoms with van der Waals surface area (Å²) in [5, 5.41) is 11.0. The molecule has 0 aliphatic carbocycles. The maximum atomic E-state index is 13.0. The molecule has 2 aliphatic rings. The van der Waals surface area contributed by atoms with Crippen molar-refractivity contribution in [2.75, 3.05) is 33.3 Å². The Kier molecular flexibility index (Phi) is 4.08. The molecule has 0 bridgehead atoms. The number of fused-ring (bicyclic) bond motifs is 2. The van der Waals surface area contributed by atoms with Crippen molar-refractivity contribution in [3.05, 3.63) is 35.6 Å². The van der Waals surface area contributed by atoms with Gasteiger partial charge in [0.15, 0.2) is 0 Å². The van der Waals surface area contributed by atoms with Crippen LogP contribution < -0.4 is 0 Å². The van der Waals surface area contributed by atoms with Gasteiger partial charge in [-0.2, -0.15) is 0 Å². The lowest BCUT2D eigenvalue weighted by atomic mass is 9.69. The van der Waals surface area contributed by atoms with Gasteiger partial charge in [-0.3, -0.25) is 4.79 Å². The van der Waals surface area contributed by atoms with E-state index in [1.807, 2.05) is 36.1 Å². The maximum Gasteiger partial charge on any atom is 0.253 e. The van der Waals surface area contributed by atoms with Crippen LogP contribution in [0.3, 0.4) is 0 Å². The minimum atomic E-state index is -0.0462. The molecular formula is C20H26N2O3. The quantitative estimate of drug-likeness (QED) is 0.912. The number of furan rings is 1. The lowest BCUT2D eigenvalue weighted by Crippen LogP contribution is -2.62. The topological polar surface area (TPSA) is 56.9 Å². The lowest BCUT2D eigenvalue weighted by molar-refractivity contribution is -0.0601. The Morgan fingerprint density at radius 3 is 2.96 bits per heavy atom. The van der Waals surface area contributed by atoms with Crippen LogP contribution in [0, 0.1) is 12.3 Å². The van der Waals surface area contributed by atoms with Crippen LogP contribution in [0.1, 0.15) is 35.4 Å². The number of nitrogens with zero attached hydrogens (tertiary/aromatic N) is 2. The van der Waals surface area contributed by atoms with Crippen molar-refractivity contribution in [2.24, 2.45) is 5.41 Å². The first kappa shape index (κ1) is 16.6. The minimum absolute atomic E-state index is 0.0462. The van der Waals surface area contributed by atoms with E-state index in [9.17, 15) is 9.90 Å². The molecule has 2 fully saturated rings. The van der Waals surface area contributed by atoms with Gasteiger partial charge in [-0.1, -0.05) is 0 Å². The van der Waals surface area contributed by atoms with Gasteiger partial charge in [0.25, 0.3) is 5.91 Å². The fourth-order valence-corrected chi connectivity index (χ4v) is 4.69. The first-order valence-electron chi connectivity index (χ1n) is 9.13. The van der Waals surface area contributed by atoms with Crippen molar-refractivity contribution >= 4 is 16.9 Å². The van der Waals surface area contributed by atoms with Gasteiger partial charge in [0.05, 0.1) is 6.61 Å². The molecule has 1 N–H and O–H groups in total. The van der Waals surface area contributed by atoms with E-state index in [0.29, 0.717) is 18.7 Å². The molecule has 25 heavy (non-hydrogen) atoms. The molecule has 134 valence electrons. The molecular weight excluding hydrogens is 316 g/mol. The highest BCUT2D eigenvalue weighted by Crippen LogP contribution is 2.41. The number of amides is 1. The van der Waals surface area contributed by atoms with Crippen molar-refractivity contribution in [3.63, 3.8) is 0 Å². The van der Waals surface area contributed by atoms with Crippen LogP contribution >= 0.6 is 0 Å². The SMILES string of the molecule is Cc1cc2cc(C(=O)N3CC[C@@]4(CO)CCCN(C)[C@@H]4C3)ccc2o1. The van der Waals surface area contributed by atoms with Crippen molar-refractivity contribution in [2.45, 2.75) is 32.2 Å².